The van der Waals surface area contributed by atoms with Crippen LogP contribution in [0, 0.1) is 0 Å². The van der Waals surface area contributed by atoms with E-state index in [0.29, 0.717) is 21.8 Å². The third kappa shape index (κ3) is 3.27. The molecule has 1 aliphatic rings. The fourth-order valence-electron chi connectivity index (χ4n) is 2.64. The molecule has 0 spiro atoms. The van der Waals surface area contributed by atoms with Crippen molar-refractivity contribution in [3.63, 3.8) is 0 Å². The van der Waals surface area contributed by atoms with Gasteiger partial charge in [0.25, 0.3) is 0 Å². The van der Waals surface area contributed by atoms with E-state index in [0.717, 1.165) is 30.6 Å². The molecule has 22 heavy (non-hydrogen) atoms. The van der Waals surface area contributed by atoms with E-state index >= 15 is 0 Å². The summed E-state index contributed by atoms with van der Waals surface area (Å²) in [4.78, 5) is 5.41. The number of thioether (sulfide) groups is 1. The van der Waals surface area contributed by atoms with Crippen molar-refractivity contribution in [2.24, 2.45) is 5.73 Å². The zero-order valence-corrected chi connectivity index (χ0v) is 14.5. The largest absolute Gasteiger partial charge is 0.338 e. The smallest absolute Gasteiger partial charge is 0.239 e. The normalized spacial score (nSPS) is 18.5. The van der Waals surface area contributed by atoms with E-state index < -0.39 is 5.54 Å². The summed E-state index contributed by atoms with van der Waals surface area (Å²) in [5.41, 5.74) is 5.93. The van der Waals surface area contributed by atoms with Crippen LogP contribution in [-0.2, 0) is 5.54 Å². The minimum atomic E-state index is -0.431. The van der Waals surface area contributed by atoms with Gasteiger partial charge in [0.15, 0.2) is 5.82 Å². The van der Waals surface area contributed by atoms with Gasteiger partial charge < -0.3 is 10.3 Å². The van der Waals surface area contributed by atoms with Crippen LogP contribution in [0.1, 0.15) is 49.6 Å². The Morgan fingerprint density at radius 2 is 2.05 bits per heavy atom. The third-order valence-corrected chi connectivity index (χ3v) is 5.75. The van der Waals surface area contributed by atoms with Crippen molar-refractivity contribution < 1.29 is 4.52 Å². The molecule has 1 aromatic carbocycles. The van der Waals surface area contributed by atoms with Crippen LogP contribution < -0.4 is 5.73 Å². The van der Waals surface area contributed by atoms with Gasteiger partial charge in [0.1, 0.15) is 0 Å². The quantitative estimate of drug-likeness (QED) is 0.783. The van der Waals surface area contributed by atoms with Gasteiger partial charge in [0.2, 0.25) is 5.89 Å². The predicted molar refractivity (Wildman–Crippen MR) is 89.4 cm³/mol. The summed E-state index contributed by atoms with van der Waals surface area (Å²) in [5, 5.41) is 5.37. The number of benzene rings is 1. The molecular weight excluding hydrogens is 341 g/mol. The van der Waals surface area contributed by atoms with Crippen molar-refractivity contribution in [2.75, 3.05) is 0 Å². The van der Waals surface area contributed by atoms with Crippen molar-refractivity contribution >= 4 is 35.0 Å². The van der Waals surface area contributed by atoms with Gasteiger partial charge in [-0.25, -0.2) is 0 Å². The Kier molecular flexibility index (Phi) is 4.69. The highest BCUT2D eigenvalue weighted by Gasteiger charge is 2.36. The van der Waals surface area contributed by atoms with Gasteiger partial charge in [-0.15, -0.1) is 11.8 Å². The molecule has 1 fully saturated rings. The zero-order valence-electron chi connectivity index (χ0n) is 12.2. The fourth-order valence-corrected chi connectivity index (χ4v) is 4.08. The minimum absolute atomic E-state index is 0.0257. The molecule has 4 nitrogen and oxygen atoms in total. The Balaban J connectivity index is 1.77. The van der Waals surface area contributed by atoms with Crippen molar-refractivity contribution in [1.29, 1.82) is 0 Å². The number of halogens is 2. The molecule has 1 heterocycles. The van der Waals surface area contributed by atoms with Crippen LogP contribution in [0.5, 0.6) is 0 Å². The molecule has 1 aromatic heterocycles. The Morgan fingerprint density at radius 3 is 2.77 bits per heavy atom. The first-order chi connectivity index (χ1) is 10.5. The molecule has 0 aliphatic heterocycles. The van der Waals surface area contributed by atoms with Crippen LogP contribution in [0.25, 0.3) is 0 Å². The first-order valence-electron chi connectivity index (χ1n) is 7.23. The molecule has 1 unspecified atom stereocenters. The lowest BCUT2D eigenvalue weighted by Gasteiger charge is -2.17. The van der Waals surface area contributed by atoms with Gasteiger partial charge in [0, 0.05) is 9.92 Å². The second kappa shape index (κ2) is 6.40. The molecule has 118 valence electrons. The molecule has 1 saturated carbocycles. The predicted octanol–water partition coefficient (Wildman–Crippen LogP) is 4.96. The standard InChI is InChI=1S/C15H17Cl2N3OS/c1-9(22-12-8-10(16)4-5-11(12)17)13-19-14(20-21-13)15(18)6-2-3-7-15/h4-5,8-9H,2-3,6-7,18H2,1H3. The summed E-state index contributed by atoms with van der Waals surface area (Å²) in [6.07, 6.45) is 4.05. The van der Waals surface area contributed by atoms with Crippen LogP contribution in [0.15, 0.2) is 27.6 Å². The van der Waals surface area contributed by atoms with E-state index in [1.54, 1.807) is 12.1 Å². The monoisotopic (exact) mass is 357 g/mol. The molecule has 2 aromatic rings. The first-order valence-corrected chi connectivity index (χ1v) is 8.86. The highest BCUT2D eigenvalue weighted by molar-refractivity contribution is 7.99. The molecule has 0 bridgehead atoms. The maximum Gasteiger partial charge on any atom is 0.239 e. The van der Waals surface area contributed by atoms with Crippen molar-refractivity contribution in [3.8, 4) is 0 Å². The number of aromatic nitrogens is 2. The van der Waals surface area contributed by atoms with Crippen LogP contribution in [0.4, 0.5) is 0 Å². The van der Waals surface area contributed by atoms with E-state index in [-0.39, 0.29) is 5.25 Å². The van der Waals surface area contributed by atoms with Crippen molar-refractivity contribution in [2.45, 2.75) is 48.3 Å². The summed E-state index contributed by atoms with van der Waals surface area (Å²) in [6, 6.07) is 5.39. The van der Waals surface area contributed by atoms with E-state index in [2.05, 4.69) is 10.1 Å². The number of hydrogen-bond acceptors (Lipinski definition) is 5. The van der Waals surface area contributed by atoms with E-state index in [4.69, 9.17) is 33.5 Å². The van der Waals surface area contributed by atoms with Gasteiger partial charge in [0.05, 0.1) is 15.8 Å². The summed E-state index contributed by atoms with van der Waals surface area (Å²) >= 11 is 13.7. The molecule has 1 atom stereocenters. The Bertz CT molecular complexity index is 671. The second-order valence-electron chi connectivity index (χ2n) is 5.65. The molecule has 2 N–H and O–H groups in total. The molecule has 0 amide bonds. The molecular formula is C15H17Cl2N3OS. The Hall–Kier alpha value is -0.750. The summed E-state index contributed by atoms with van der Waals surface area (Å²) < 4.78 is 5.41. The van der Waals surface area contributed by atoms with Gasteiger partial charge in [-0.05, 0) is 38.0 Å². The number of nitrogens with zero attached hydrogens (tertiary/aromatic N) is 2. The maximum absolute atomic E-state index is 6.36. The topological polar surface area (TPSA) is 64.9 Å². The Labute approximate surface area is 143 Å². The zero-order chi connectivity index (χ0) is 15.7. The van der Waals surface area contributed by atoms with Crippen LogP contribution in [0.3, 0.4) is 0 Å². The SMILES string of the molecule is CC(Sc1cc(Cl)ccc1Cl)c1nc(C2(N)CCCC2)no1. The molecule has 0 radical (unpaired) electrons. The lowest BCUT2D eigenvalue weighted by molar-refractivity contribution is 0.349. The summed E-state index contributed by atoms with van der Waals surface area (Å²) in [7, 11) is 0. The third-order valence-electron chi connectivity index (χ3n) is 3.93. The van der Waals surface area contributed by atoms with Crippen LogP contribution >= 0.6 is 35.0 Å². The molecule has 0 saturated heterocycles. The maximum atomic E-state index is 6.36. The summed E-state index contributed by atoms with van der Waals surface area (Å²) in [6.45, 7) is 2.00. The average Bonchev–Trinajstić information content (AvgIpc) is 3.12. The van der Waals surface area contributed by atoms with E-state index in [1.807, 2.05) is 13.0 Å². The highest BCUT2D eigenvalue weighted by Crippen LogP contribution is 2.40. The van der Waals surface area contributed by atoms with Gasteiger partial charge in [-0.3, -0.25) is 0 Å². The lowest BCUT2D eigenvalue weighted by atomic mass is 9.99. The second-order valence-corrected chi connectivity index (χ2v) is 7.88. The van der Waals surface area contributed by atoms with Gasteiger partial charge in [-0.1, -0.05) is 41.2 Å². The van der Waals surface area contributed by atoms with Crippen LogP contribution in [-0.4, -0.2) is 10.1 Å². The summed E-state index contributed by atoms with van der Waals surface area (Å²) in [5.74, 6) is 1.18. The van der Waals surface area contributed by atoms with Gasteiger partial charge >= 0.3 is 0 Å². The highest BCUT2D eigenvalue weighted by atomic mass is 35.5. The van der Waals surface area contributed by atoms with Crippen molar-refractivity contribution in [3.05, 3.63) is 40.0 Å². The fraction of sp³-hybridized carbons (Fsp3) is 0.467. The van der Waals surface area contributed by atoms with Crippen LogP contribution in [0.2, 0.25) is 10.0 Å². The van der Waals surface area contributed by atoms with Crippen molar-refractivity contribution in [1.82, 2.24) is 10.1 Å². The number of rotatable bonds is 4. The van der Waals surface area contributed by atoms with E-state index in [9.17, 15) is 0 Å². The lowest BCUT2D eigenvalue weighted by Crippen LogP contribution is -2.34. The molecule has 1 aliphatic carbocycles. The van der Waals surface area contributed by atoms with E-state index in [1.165, 1.54) is 11.8 Å². The number of nitrogens with two attached hydrogens (primary N) is 1. The number of hydrogen-bond donors (Lipinski definition) is 1. The average molecular weight is 358 g/mol. The Morgan fingerprint density at radius 1 is 1.32 bits per heavy atom. The minimum Gasteiger partial charge on any atom is -0.338 e. The first kappa shape index (κ1) is 16.1. The molecule has 7 heteroatoms. The molecule has 3 rings (SSSR count). The van der Waals surface area contributed by atoms with Gasteiger partial charge in [-0.2, -0.15) is 4.98 Å².